The van der Waals surface area contributed by atoms with E-state index in [0.29, 0.717) is 0 Å². The molecular weight excluding hydrogens is 402 g/mol. The van der Waals surface area contributed by atoms with Crippen LogP contribution in [0.1, 0.15) is 43.4 Å². The number of hydrogen-bond donors (Lipinski definition) is 1. The van der Waals surface area contributed by atoms with Gasteiger partial charge in [0.15, 0.2) is 0 Å². The Kier molecular flexibility index (Phi) is 6.80. The Morgan fingerprint density at radius 1 is 1.07 bits per heavy atom. The summed E-state index contributed by atoms with van der Waals surface area (Å²) in [6.45, 7) is 4.52. The number of anilines is 1. The SMILES string of the molecule is CSC1=C(c2ccc3c(c2)C(CSCCc2ccccc2)=CC(C)(C)N3)C=CCC1. The van der Waals surface area contributed by atoms with Crippen molar-refractivity contribution in [2.24, 2.45) is 0 Å². The smallest absolute Gasteiger partial charge is 0.0506 e. The second-order valence-electron chi connectivity index (χ2n) is 8.55. The lowest BCUT2D eigenvalue weighted by Gasteiger charge is -2.33. The van der Waals surface area contributed by atoms with Gasteiger partial charge in [-0.25, -0.2) is 0 Å². The number of rotatable bonds is 7. The Hall–Kier alpha value is -1.84. The number of fused-ring (bicyclic) bond motifs is 1. The molecule has 0 bridgehead atoms. The highest BCUT2D eigenvalue weighted by atomic mass is 32.2. The number of aryl methyl sites for hydroxylation is 1. The van der Waals surface area contributed by atoms with Crippen LogP contribution in [0.15, 0.2) is 71.7 Å². The standard InChI is InChI=1S/C27H31NS2/c1-27(2)18-22(19-30-16-15-20-9-5-4-6-10-20)24-17-21(13-14-25(24)28-27)23-11-7-8-12-26(23)29-3/h4-7,9-11,13-14,17-18,28H,8,12,15-16,19H2,1-3H3. The maximum atomic E-state index is 3.71. The maximum Gasteiger partial charge on any atom is 0.0506 e. The molecule has 0 radical (unpaired) electrons. The lowest BCUT2D eigenvalue weighted by atomic mass is 9.88. The van der Waals surface area contributed by atoms with Crippen molar-refractivity contribution in [3.8, 4) is 0 Å². The van der Waals surface area contributed by atoms with Gasteiger partial charge in [0.1, 0.15) is 0 Å². The van der Waals surface area contributed by atoms with Crippen molar-refractivity contribution >= 4 is 40.4 Å². The third-order valence-electron chi connectivity index (χ3n) is 5.67. The second kappa shape index (κ2) is 9.53. The van der Waals surface area contributed by atoms with E-state index in [0.717, 1.165) is 30.8 Å². The van der Waals surface area contributed by atoms with Crippen LogP contribution in [0.4, 0.5) is 5.69 Å². The third kappa shape index (κ3) is 5.07. The zero-order valence-electron chi connectivity index (χ0n) is 18.2. The topological polar surface area (TPSA) is 12.0 Å². The zero-order chi connectivity index (χ0) is 21.0. The predicted octanol–water partition coefficient (Wildman–Crippen LogP) is 7.67. The minimum Gasteiger partial charge on any atom is -0.376 e. The summed E-state index contributed by atoms with van der Waals surface area (Å²) < 4.78 is 0. The molecule has 0 fully saturated rings. The Balaban J connectivity index is 1.55. The van der Waals surface area contributed by atoms with E-state index >= 15 is 0 Å². The van der Waals surface area contributed by atoms with Crippen LogP contribution in [0.3, 0.4) is 0 Å². The highest BCUT2D eigenvalue weighted by Crippen LogP contribution is 2.40. The molecule has 0 amide bonds. The molecule has 0 saturated heterocycles. The largest absolute Gasteiger partial charge is 0.376 e. The van der Waals surface area contributed by atoms with E-state index in [4.69, 9.17) is 0 Å². The molecule has 1 aliphatic carbocycles. The monoisotopic (exact) mass is 433 g/mol. The fraction of sp³-hybridized carbons (Fsp3) is 0.333. The molecule has 30 heavy (non-hydrogen) atoms. The van der Waals surface area contributed by atoms with Crippen LogP contribution in [-0.2, 0) is 6.42 Å². The molecule has 2 aliphatic rings. The van der Waals surface area contributed by atoms with Crippen LogP contribution in [0, 0.1) is 0 Å². The molecule has 156 valence electrons. The predicted molar refractivity (Wildman–Crippen MR) is 138 cm³/mol. The molecule has 0 spiro atoms. The highest BCUT2D eigenvalue weighted by Gasteiger charge is 2.25. The minimum atomic E-state index is -0.0156. The first-order chi connectivity index (χ1) is 14.6. The van der Waals surface area contributed by atoms with E-state index in [-0.39, 0.29) is 5.54 Å². The van der Waals surface area contributed by atoms with Gasteiger partial charge in [-0.05, 0) is 84.4 Å². The van der Waals surface area contributed by atoms with Gasteiger partial charge in [-0.3, -0.25) is 0 Å². The van der Waals surface area contributed by atoms with Crippen molar-refractivity contribution in [2.75, 3.05) is 23.1 Å². The van der Waals surface area contributed by atoms with Crippen LogP contribution in [0.25, 0.3) is 11.1 Å². The summed E-state index contributed by atoms with van der Waals surface area (Å²) in [5, 5.41) is 3.71. The molecule has 4 rings (SSSR count). The number of nitrogens with one attached hydrogen (secondary N) is 1. The van der Waals surface area contributed by atoms with Crippen LogP contribution in [0.5, 0.6) is 0 Å². The van der Waals surface area contributed by atoms with E-state index in [2.05, 4.69) is 92.2 Å². The summed E-state index contributed by atoms with van der Waals surface area (Å²) in [6, 6.07) is 17.8. The molecule has 0 saturated carbocycles. The fourth-order valence-corrected chi connectivity index (χ4v) is 5.94. The first-order valence-corrected chi connectivity index (χ1v) is 13.1. The van der Waals surface area contributed by atoms with Crippen molar-refractivity contribution in [2.45, 2.75) is 38.6 Å². The van der Waals surface area contributed by atoms with Gasteiger partial charge in [0.2, 0.25) is 0 Å². The van der Waals surface area contributed by atoms with E-state index < -0.39 is 0 Å². The van der Waals surface area contributed by atoms with Gasteiger partial charge in [-0.2, -0.15) is 11.8 Å². The maximum absolute atomic E-state index is 3.71. The Morgan fingerprint density at radius 3 is 2.70 bits per heavy atom. The van der Waals surface area contributed by atoms with Gasteiger partial charge < -0.3 is 5.32 Å². The normalized spacial score (nSPS) is 17.4. The summed E-state index contributed by atoms with van der Waals surface area (Å²) in [6.07, 6.45) is 12.7. The summed E-state index contributed by atoms with van der Waals surface area (Å²) in [4.78, 5) is 1.50. The van der Waals surface area contributed by atoms with Gasteiger partial charge in [0.25, 0.3) is 0 Å². The van der Waals surface area contributed by atoms with E-state index in [9.17, 15) is 0 Å². The molecule has 0 atom stereocenters. The highest BCUT2D eigenvalue weighted by molar-refractivity contribution is 8.02. The van der Waals surface area contributed by atoms with Crippen molar-refractivity contribution in [1.82, 2.24) is 0 Å². The van der Waals surface area contributed by atoms with Crippen LogP contribution in [-0.4, -0.2) is 23.3 Å². The molecule has 1 nitrogen and oxygen atoms in total. The first kappa shape index (κ1) is 21.4. The van der Waals surface area contributed by atoms with E-state index in [1.54, 1.807) is 0 Å². The number of thioether (sulfide) groups is 2. The Bertz CT molecular complexity index is 983. The van der Waals surface area contributed by atoms with Gasteiger partial charge in [0, 0.05) is 17.0 Å². The van der Waals surface area contributed by atoms with E-state index in [1.807, 2.05) is 23.5 Å². The van der Waals surface area contributed by atoms with Crippen LogP contribution < -0.4 is 5.32 Å². The summed E-state index contributed by atoms with van der Waals surface area (Å²) in [5.74, 6) is 2.20. The lowest BCUT2D eigenvalue weighted by molar-refractivity contribution is 0.707. The fourth-order valence-electron chi connectivity index (χ4n) is 4.23. The molecule has 2 aromatic carbocycles. The number of hydrogen-bond acceptors (Lipinski definition) is 3. The molecule has 0 unspecified atom stereocenters. The molecule has 1 heterocycles. The Morgan fingerprint density at radius 2 is 1.90 bits per heavy atom. The summed E-state index contributed by atoms with van der Waals surface area (Å²) in [7, 11) is 0. The quantitative estimate of drug-likeness (QED) is 0.450. The number of benzene rings is 2. The zero-order valence-corrected chi connectivity index (χ0v) is 19.8. The Labute approximate surface area is 190 Å². The van der Waals surface area contributed by atoms with Crippen molar-refractivity contribution in [3.63, 3.8) is 0 Å². The van der Waals surface area contributed by atoms with Crippen molar-refractivity contribution in [1.29, 1.82) is 0 Å². The third-order valence-corrected chi connectivity index (χ3v) is 7.60. The van der Waals surface area contributed by atoms with Crippen molar-refractivity contribution < 1.29 is 0 Å². The molecular formula is C27H31NS2. The molecule has 1 aliphatic heterocycles. The average Bonchev–Trinajstić information content (AvgIpc) is 2.76. The summed E-state index contributed by atoms with van der Waals surface area (Å²) in [5.41, 5.74) is 8.24. The molecule has 3 heteroatoms. The van der Waals surface area contributed by atoms with Gasteiger partial charge in [-0.1, -0.05) is 54.6 Å². The van der Waals surface area contributed by atoms with Crippen LogP contribution in [0.2, 0.25) is 0 Å². The van der Waals surface area contributed by atoms with Crippen molar-refractivity contribution in [3.05, 3.63) is 88.4 Å². The van der Waals surface area contributed by atoms with E-state index in [1.165, 1.54) is 38.4 Å². The van der Waals surface area contributed by atoms with Gasteiger partial charge >= 0.3 is 0 Å². The summed E-state index contributed by atoms with van der Waals surface area (Å²) >= 11 is 3.93. The van der Waals surface area contributed by atoms with Gasteiger partial charge in [0.05, 0.1) is 5.54 Å². The second-order valence-corrected chi connectivity index (χ2v) is 10.6. The van der Waals surface area contributed by atoms with Gasteiger partial charge in [-0.15, -0.1) is 11.8 Å². The average molecular weight is 434 g/mol. The molecule has 0 aromatic heterocycles. The van der Waals surface area contributed by atoms with Crippen LogP contribution >= 0.6 is 23.5 Å². The number of allylic oxidation sites excluding steroid dienone is 4. The lowest BCUT2D eigenvalue weighted by Crippen LogP contribution is -2.32. The molecule has 2 aromatic rings. The first-order valence-electron chi connectivity index (χ1n) is 10.8. The minimum absolute atomic E-state index is 0.0156. The molecule has 1 N–H and O–H groups in total.